The van der Waals surface area contributed by atoms with Crippen molar-refractivity contribution in [2.24, 2.45) is 5.92 Å². The first-order valence-corrected chi connectivity index (χ1v) is 7.26. The molecule has 2 atom stereocenters. The number of nitrogens with one attached hydrogen (secondary N) is 1. The molecule has 1 N–H and O–H groups in total. The van der Waals surface area contributed by atoms with E-state index in [2.05, 4.69) is 41.9 Å². The summed E-state index contributed by atoms with van der Waals surface area (Å²) in [5.74, 6) is 0.558. The molecule has 0 fully saturated rings. The fourth-order valence-electron chi connectivity index (χ4n) is 2.45. The van der Waals surface area contributed by atoms with Crippen molar-refractivity contribution < 1.29 is 4.74 Å². The summed E-state index contributed by atoms with van der Waals surface area (Å²) in [6.07, 6.45) is 1.10. The van der Waals surface area contributed by atoms with Gasteiger partial charge in [-0.3, -0.25) is 0 Å². The highest BCUT2D eigenvalue weighted by molar-refractivity contribution is 7.17. The van der Waals surface area contributed by atoms with Crippen LogP contribution >= 0.6 is 11.3 Å². The summed E-state index contributed by atoms with van der Waals surface area (Å²) in [4.78, 5) is 0. The molecule has 2 unspecified atom stereocenters. The highest BCUT2D eigenvalue weighted by Crippen LogP contribution is 2.31. The molecule has 0 aliphatic carbocycles. The van der Waals surface area contributed by atoms with Gasteiger partial charge in [-0.2, -0.15) is 0 Å². The molecule has 0 radical (unpaired) electrons. The molecule has 0 aliphatic heterocycles. The molecule has 2 aromatic rings. The number of thiophene rings is 1. The van der Waals surface area contributed by atoms with E-state index >= 15 is 0 Å². The van der Waals surface area contributed by atoms with E-state index in [1.807, 2.05) is 18.4 Å². The molecule has 0 bridgehead atoms. The molecule has 0 spiro atoms. The Kier molecular flexibility index (Phi) is 4.75. The second-order valence-electron chi connectivity index (χ2n) is 4.82. The third kappa shape index (κ3) is 2.91. The number of fused-ring (bicyclic) bond motifs is 1. The van der Waals surface area contributed by atoms with E-state index in [0.29, 0.717) is 12.0 Å². The van der Waals surface area contributed by atoms with E-state index in [4.69, 9.17) is 4.74 Å². The quantitative estimate of drug-likeness (QED) is 0.855. The van der Waals surface area contributed by atoms with Crippen LogP contribution in [0.25, 0.3) is 10.1 Å². The number of methoxy groups -OCH3 is 1. The summed E-state index contributed by atoms with van der Waals surface area (Å²) in [7, 11) is 3.81. The average molecular weight is 263 g/mol. The first-order valence-electron chi connectivity index (χ1n) is 6.38. The smallest absolute Gasteiger partial charge is 0.0488 e. The number of hydrogen-bond donors (Lipinski definition) is 1. The summed E-state index contributed by atoms with van der Waals surface area (Å²) in [6, 6.07) is 9.16. The van der Waals surface area contributed by atoms with Gasteiger partial charge < -0.3 is 10.1 Å². The van der Waals surface area contributed by atoms with Crippen LogP contribution in [0.1, 0.15) is 24.9 Å². The first-order chi connectivity index (χ1) is 8.76. The van der Waals surface area contributed by atoms with Gasteiger partial charge in [-0.15, -0.1) is 11.3 Å². The molecule has 3 heteroatoms. The predicted octanol–water partition coefficient (Wildman–Crippen LogP) is 3.83. The fraction of sp³-hybridized carbons (Fsp3) is 0.467. The summed E-state index contributed by atoms with van der Waals surface area (Å²) in [5.41, 5.74) is 1.41. The normalized spacial score (nSPS) is 14.8. The van der Waals surface area contributed by atoms with Crippen LogP contribution in [0.15, 0.2) is 29.6 Å². The van der Waals surface area contributed by atoms with Crippen molar-refractivity contribution in [2.75, 3.05) is 20.8 Å². The van der Waals surface area contributed by atoms with Gasteiger partial charge in [0.15, 0.2) is 0 Å². The number of benzene rings is 1. The van der Waals surface area contributed by atoms with Crippen molar-refractivity contribution in [3.05, 3.63) is 35.2 Å². The van der Waals surface area contributed by atoms with E-state index in [1.54, 1.807) is 7.11 Å². The third-order valence-electron chi connectivity index (χ3n) is 3.32. The number of ether oxygens (including phenoxy) is 1. The lowest BCUT2D eigenvalue weighted by Crippen LogP contribution is -2.20. The van der Waals surface area contributed by atoms with Crippen molar-refractivity contribution in [1.82, 2.24) is 5.32 Å². The van der Waals surface area contributed by atoms with Crippen LogP contribution in [-0.4, -0.2) is 20.8 Å². The Morgan fingerprint density at radius 1 is 1.33 bits per heavy atom. The molecule has 0 saturated heterocycles. The lowest BCUT2D eigenvalue weighted by molar-refractivity contribution is 0.150. The highest BCUT2D eigenvalue weighted by atomic mass is 32.1. The monoisotopic (exact) mass is 263 g/mol. The molecular formula is C15H21NOS. The van der Waals surface area contributed by atoms with Gasteiger partial charge in [0.05, 0.1) is 0 Å². The summed E-state index contributed by atoms with van der Waals surface area (Å²) >= 11 is 1.83. The van der Waals surface area contributed by atoms with Gasteiger partial charge in [0.25, 0.3) is 0 Å². The zero-order valence-corrected chi connectivity index (χ0v) is 12.1. The second kappa shape index (κ2) is 6.32. The molecule has 2 nitrogen and oxygen atoms in total. The summed E-state index contributed by atoms with van der Waals surface area (Å²) in [5, 5.41) is 6.95. The molecule has 1 heterocycles. The molecular weight excluding hydrogens is 242 g/mol. The van der Waals surface area contributed by atoms with Gasteiger partial charge in [-0.25, -0.2) is 0 Å². The average Bonchev–Trinajstić information content (AvgIpc) is 2.84. The maximum atomic E-state index is 5.23. The van der Waals surface area contributed by atoms with Crippen LogP contribution in [0.4, 0.5) is 0 Å². The van der Waals surface area contributed by atoms with E-state index in [-0.39, 0.29) is 0 Å². The van der Waals surface area contributed by atoms with Crippen LogP contribution in [0.5, 0.6) is 0 Å². The minimum atomic E-state index is 0.400. The zero-order chi connectivity index (χ0) is 13.0. The fourth-order valence-corrected chi connectivity index (χ4v) is 3.42. The third-order valence-corrected chi connectivity index (χ3v) is 4.30. The van der Waals surface area contributed by atoms with E-state index in [9.17, 15) is 0 Å². The molecule has 1 aromatic heterocycles. The Hall–Kier alpha value is -0.900. The molecule has 0 amide bonds. The Morgan fingerprint density at radius 3 is 2.89 bits per heavy atom. The van der Waals surface area contributed by atoms with Gasteiger partial charge in [0, 0.05) is 24.5 Å². The Balaban J connectivity index is 2.24. The predicted molar refractivity (Wildman–Crippen MR) is 79.3 cm³/mol. The molecule has 1 aromatic carbocycles. The zero-order valence-electron chi connectivity index (χ0n) is 11.3. The van der Waals surface area contributed by atoms with Crippen LogP contribution < -0.4 is 5.32 Å². The first kappa shape index (κ1) is 13.5. The Morgan fingerprint density at radius 2 is 2.17 bits per heavy atom. The van der Waals surface area contributed by atoms with Crippen LogP contribution in [0.3, 0.4) is 0 Å². The lowest BCUT2D eigenvalue weighted by Gasteiger charge is -2.21. The summed E-state index contributed by atoms with van der Waals surface area (Å²) < 4.78 is 6.64. The Bertz CT molecular complexity index is 494. The van der Waals surface area contributed by atoms with Crippen molar-refractivity contribution in [3.8, 4) is 0 Å². The standard InChI is InChI=1S/C15H21NOS/c1-11(10-17-3)9-14(16-2)13-6-4-5-12-7-8-18-15(12)13/h4-8,11,14,16H,9-10H2,1-3H3. The van der Waals surface area contributed by atoms with E-state index in [0.717, 1.165) is 13.0 Å². The maximum Gasteiger partial charge on any atom is 0.0488 e. The number of hydrogen-bond acceptors (Lipinski definition) is 3. The molecule has 18 heavy (non-hydrogen) atoms. The van der Waals surface area contributed by atoms with Crippen LogP contribution in [0.2, 0.25) is 0 Å². The summed E-state index contributed by atoms with van der Waals surface area (Å²) in [6.45, 7) is 3.06. The maximum absolute atomic E-state index is 5.23. The molecule has 98 valence electrons. The van der Waals surface area contributed by atoms with Gasteiger partial charge in [0.1, 0.15) is 0 Å². The van der Waals surface area contributed by atoms with Gasteiger partial charge in [-0.05, 0) is 41.8 Å². The SMILES string of the molecule is CNC(CC(C)COC)c1cccc2ccsc12. The van der Waals surface area contributed by atoms with Gasteiger partial charge >= 0.3 is 0 Å². The van der Waals surface area contributed by atoms with Crippen molar-refractivity contribution in [1.29, 1.82) is 0 Å². The van der Waals surface area contributed by atoms with E-state index in [1.165, 1.54) is 15.6 Å². The van der Waals surface area contributed by atoms with Gasteiger partial charge in [0.2, 0.25) is 0 Å². The van der Waals surface area contributed by atoms with Gasteiger partial charge in [-0.1, -0.05) is 25.1 Å². The number of rotatable bonds is 6. The molecule has 0 aliphatic rings. The van der Waals surface area contributed by atoms with E-state index < -0.39 is 0 Å². The minimum absolute atomic E-state index is 0.400. The molecule has 2 rings (SSSR count). The van der Waals surface area contributed by atoms with Crippen molar-refractivity contribution >= 4 is 21.4 Å². The molecule has 0 saturated carbocycles. The Labute approximate surface area is 113 Å². The minimum Gasteiger partial charge on any atom is -0.384 e. The topological polar surface area (TPSA) is 21.3 Å². The lowest BCUT2D eigenvalue weighted by atomic mass is 9.96. The second-order valence-corrected chi connectivity index (χ2v) is 5.74. The van der Waals surface area contributed by atoms with Crippen molar-refractivity contribution in [3.63, 3.8) is 0 Å². The van der Waals surface area contributed by atoms with Crippen LogP contribution in [0, 0.1) is 5.92 Å². The van der Waals surface area contributed by atoms with Crippen LogP contribution in [-0.2, 0) is 4.74 Å². The largest absolute Gasteiger partial charge is 0.384 e. The van der Waals surface area contributed by atoms with Crippen molar-refractivity contribution in [2.45, 2.75) is 19.4 Å². The highest BCUT2D eigenvalue weighted by Gasteiger charge is 2.16.